The second-order valence-electron chi connectivity index (χ2n) is 2.73. The van der Waals surface area contributed by atoms with Crippen molar-refractivity contribution in [1.82, 2.24) is 4.57 Å². The first-order valence-corrected chi connectivity index (χ1v) is 3.72. The van der Waals surface area contributed by atoms with Gasteiger partial charge in [0.15, 0.2) is 0 Å². The molecule has 0 amide bonds. The standard InChI is InChI=1S/C8H14N2O/c1-10-4-2-7(6-10)8(9)3-5-11/h2,4,6,8,11H,3,5,9H2,1H3. The molecule has 3 heteroatoms. The second kappa shape index (κ2) is 3.55. The Kier molecular flexibility index (Phi) is 2.68. The first-order chi connectivity index (χ1) is 5.24. The summed E-state index contributed by atoms with van der Waals surface area (Å²) < 4.78 is 1.95. The minimum atomic E-state index is -0.0267. The minimum Gasteiger partial charge on any atom is -0.396 e. The summed E-state index contributed by atoms with van der Waals surface area (Å²) in [6.07, 6.45) is 4.55. The Balaban J connectivity index is 2.60. The summed E-state index contributed by atoms with van der Waals surface area (Å²) in [7, 11) is 1.95. The molecule has 0 radical (unpaired) electrons. The monoisotopic (exact) mass is 154 g/mol. The number of aryl methyl sites for hydroxylation is 1. The van der Waals surface area contributed by atoms with E-state index in [0.29, 0.717) is 6.42 Å². The Hall–Kier alpha value is -0.800. The number of hydrogen-bond acceptors (Lipinski definition) is 2. The van der Waals surface area contributed by atoms with Crippen molar-refractivity contribution < 1.29 is 5.11 Å². The Morgan fingerprint density at radius 3 is 2.91 bits per heavy atom. The van der Waals surface area contributed by atoms with E-state index in [1.54, 1.807) is 0 Å². The molecule has 1 unspecified atom stereocenters. The van der Waals surface area contributed by atoms with Crippen molar-refractivity contribution in [2.24, 2.45) is 12.8 Å². The third-order valence-electron chi connectivity index (χ3n) is 1.72. The Bertz CT molecular complexity index is 220. The van der Waals surface area contributed by atoms with Crippen LogP contribution < -0.4 is 5.73 Å². The maximum Gasteiger partial charge on any atom is 0.0449 e. The van der Waals surface area contributed by atoms with Gasteiger partial charge in [0.05, 0.1) is 0 Å². The van der Waals surface area contributed by atoms with Crippen LogP contribution in [-0.2, 0) is 7.05 Å². The van der Waals surface area contributed by atoms with Gasteiger partial charge in [-0.15, -0.1) is 0 Å². The highest BCUT2D eigenvalue weighted by atomic mass is 16.3. The van der Waals surface area contributed by atoms with Crippen LogP contribution in [0.25, 0.3) is 0 Å². The Labute approximate surface area is 66.4 Å². The lowest BCUT2D eigenvalue weighted by Crippen LogP contribution is -2.10. The van der Waals surface area contributed by atoms with Crippen molar-refractivity contribution in [2.45, 2.75) is 12.5 Å². The van der Waals surface area contributed by atoms with Crippen molar-refractivity contribution in [3.05, 3.63) is 24.0 Å². The fourth-order valence-corrected chi connectivity index (χ4v) is 1.05. The minimum absolute atomic E-state index is 0.0267. The molecule has 1 aromatic heterocycles. The maximum atomic E-state index is 8.62. The maximum absolute atomic E-state index is 8.62. The first kappa shape index (κ1) is 8.30. The second-order valence-corrected chi connectivity index (χ2v) is 2.73. The first-order valence-electron chi connectivity index (χ1n) is 3.72. The van der Waals surface area contributed by atoms with Gasteiger partial charge < -0.3 is 15.4 Å². The average molecular weight is 154 g/mol. The highest BCUT2D eigenvalue weighted by molar-refractivity contribution is 5.14. The van der Waals surface area contributed by atoms with E-state index < -0.39 is 0 Å². The van der Waals surface area contributed by atoms with Crippen LogP contribution in [0.4, 0.5) is 0 Å². The van der Waals surface area contributed by atoms with E-state index in [0.717, 1.165) is 5.56 Å². The predicted octanol–water partition coefficient (Wildman–Crippen LogP) is 0.407. The van der Waals surface area contributed by atoms with Gasteiger partial charge in [0, 0.05) is 32.1 Å². The van der Waals surface area contributed by atoms with Gasteiger partial charge in [0.2, 0.25) is 0 Å². The van der Waals surface area contributed by atoms with Crippen molar-refractivity contribution in [2.75, 3.05) is 6.61 Å². The summed E-state index contributed by atoms with van der Waals surface area (Å²) in [6, 6.07) is 1.95. The molecule has 0 bridgehead atoms. The number of nitrogens with zero attached hydrogens (tertiary/aromatic N) is 1. The van der Waals surface area contributed by atoms with Crippen molar-refractivity contribution >= 4 is 0 Å². The molecule has 0 aliphatic carbocycles. The largest absolute Gasteiger partial charge is 0.396 e. The van der Waals surface area contributed by atoms with Crippen molar-refractivity contribution in [1.29, 1.82) is 0 Å². The van der Waals surface area contributed by atoms with Crippen LogP contribution >= 0.6 is 0 Å². The molecule has 0 saturated heterocycles. The molecule has 0 aliphatic heterocycles. The van der Waals surface area contributed by atoms with Gasteiger partial charge in [-0.05, 0) is 18.1 Å². The van der Waals surface area contributed by atoms with Gasteiger partial charge in [-0.3, -0.25) is 0 Å². The van der Waals surface area contributed by atoms with Crippen LogP contribution in [0.15, 0.2) is 18.5 Å². The van der Waals surface area contributed by atoms with Crippen LogP contribution in [0.3, 0.4) is 0 Å². The predicted molar refractivity (Wildman–Crippen MR) is 44.0 cm³/mol. The lowest BCUT2D eigenvalue weighted by Gasteiger charge is -2.06. The number of nitrogens with two attached hydrogens (primary N) is 1. The van der Waals surface area contributed by atoms with E-state index in [4.69, 9.17) is 10.8 Å². The van der Waals surface area contributed by atoms with E-state index in [9.17, 15) is 0 Å². The van der Waals surface area contributed by atoms with Crippen molar-refractivity contribution in [3.63, 3.8) is 0 Å². The molecule has 0 fully saturated rings. The molecular formula is C8H14N2O. The van der Waals surface area contributed by atoms with E-state index in [1.165, 1.54) is 0 Å². The molecule has 0 spiro atoms. The van der Waals surface area contributed by atoms with E-state index in [-0.39, 0.29) is 12.6 Å². The van der Waals surface area contributed by atoms with Gasteiger partial charge >= 0.3 is 0 Å². The van der Waals surface area contributed by atoms with Crippen LogP contribution in [-0.4, -0.2) is 16.3 Å². The summed E-state index contributed by atoms with van der Waals surface area (Å²) >= 11 is 0. The molecule has 1 aromatic rings. The molecule has 62 valence electrons. The Morgan fingerprint density at radius 1 is 1.73 bits per heavy atom. The molecular weight excluding hydrogens is 140 g/mol. The van der Waals surface area contributed by atoms with E-state index in [2.05, 4.69) is 0 Å². The average Bonchev–Trinajstić information content (AvgIpc) is 2.36. The van der Waals surface area contributed by atoms with Gasteiger partial charge in [-0.2, -0.15) is 0 Å². The summed E-state index contributed by atoms with van der Waals surface area (Å²) in [5, 5.41) is 8.62. The van der Waals surface area contributed by atoms with Crippen LogP contribution in [0, 0.1) is 0 Å². The van der Waals surface area contributed by atoms with E-state index >= 15 is 0 Å². The molecule has 1 atom stereocenters. The number of hydrogen-bond donors (Lipinski definition) is 2. The van der Waals surface area contributed by atoms with Gasteiger partial charge in [0.25, 0.3) is 0 Å². The normalized spacial score (nSPS) is 13.4. The zero-order valence-electron chi connectivity index (χ0n) is 6.70. The molecule has 0 aliphatic rings. The SMILES string of the molecule is Cn1ccc(C(N)CCO)c1. The van der Waals surface area contributed by atoms with E-state index in [1.807, 2.05) is 30.1 Å². The zero-order chi connectivity index (χ0) is 8.27. The van der Waals surface area contributed by atoms with Crippen LogP contribution in [0.1, 0.15) is 18.0 Å². The molecule has 3 nitrogen and oxygen atoms in total. The molecule has 0 saturated carbocycles. The quantitative estimate of drug-likeness (QED) is 0.662. The third kappa shape index (κ3) is 2.06. The summed E-state index contributed by atoms with van der Waals surface area (Å²) in [4.78, 5) is 0. The zero-order valence-corrected chi connectivity index (χ0v) is 6.70. The third-order valence-corrected chi connectivity index (χ3v) is 1.72. The smallest absolute Gasteiger partial charge is 0.0449 e. The highest BCUT2D eigenvalue weighted by Gasteiger charge is 2.04. The van der Waals surface area contributed by atoms with Crippen LogP contribution in [0.2, 0.25) is 0 Å². The molecule has 1 rings (SSSR count). The number of aliphatic hydroxyl groups excluding tert-OH is 1. The molecule has 11 heavy (non-hydrogen) atoms. The number of aliphatic hydroxyl groups is 1. The fraction of sp³-hybridized carbons (Fsp3) is 0.500. The molecule has 3 N–H and O–H groups in total. The summed E-state index contributed by atoms with van der Waals surface area (Å²) in [5.41, 5.74) is 6.83. The summed E-state index contributed by atoms with van der Waals surface area (Å²) in [5.74, 6) is 0. The lowest BCUT2D eigenvalue weighted by atomic mass is 10.1. The van der Waals surface area contributed by atoms with Gasteiger partial charge in [-0.25, -0.2) is 0 Å². The number of aromatic nitrogens is 1. The highest BCUT2D eigenvalue weighted by Crippen LogP contribution is 2.12. The lowest BCUT2D eigenvalue weighted by molar-refractivity contribution is 0.276. The topological polar surface area (TPSA) is 51.2 Å². The van der Waals surface area contributed by atoms with Gasteiger partial charge in [-0.1, -0.05) is 0 Å². The van der Waals surface area contributed by atoms with Crippen LogP contribution in [0.5, 0.6) is 0 Å². The van der Waals surface area contributed by atoms with Crippen molar-refractivity contribution in [3.8, 4) is 0 Å². The fourth-order valence-electron chi connectivity index (χ4n) is 1.05. The summed E-state index contributed by atoms with van der Waals surface area (Å²) in [6.45, 7) is 0.149. The Morgan fingerprint density at radius 2 is 2.45 bits per heavy atom. The van der Waals surface area contributed by atoms with Gasteiger partial charge in [0.1, 0.15) is 0 Å². The number of rotatable bonds is 3. The molecule has 0 aromatic carbocycles. The molecule has 1 heterocycles.